The number of allylic oxidation sites excluding steroid dienone is 2. The summed E-state index contributed by atoms with van der Waals surface area (Å²) in [5, 5.41) is 11.0. The summed E-state index contributed by atoms with van der Waals surface area (Å²) >= 11 is 0. The lowest BCUT2D eigenvalue weighted by atomic mass is 9.83. The summed E-state index contributed by atoms with van der Waals surface area (Å²) in [6, 6.07) is -1.07. The predicted molar refractivity (Wildman–Crippen MR) is 71.8 cm³/mol. The molecule has 2 rings (SSSR count). The zero-order valence-corrected chi connectivity index (χ0v) is 11.3. The highest BCUT2D eigenvalue weighted by molar-refractivity contribution is 5.65. The molecule has 0 aromatic carbocycles. The van der Waals surface area contributed by atoms with Crippen LogP contribution >= 0.6 is 0 Å². The van der Waals surface area contributed by atoms with Gasteiger partial charge in [0.1, 0.15) is 11.5 Å². The first-order valence-corrected chi connectivity index (χ1v) is 6.47. The Morgan fingerprint density at radius 1 is 1.53 bits per heavy atom. The molecule has 0 amide bonds. The smallest absolute Gasteiger partial charge is 0.268 e. The highest BCUT2D eigenvalue weighted by atomic mass is 16.6. The molecule has 0 N–H and O–H groups in total. The molecule has 0 spiro atoms. The van der Waals surface area contributed by atoms with E-state index in [1.807, 2.05) is 0 Å². The molecule has 0 aromatic heterocycles. The molecule has 2 aliphatic rings. The van der Waals surface area contributed by atoms with Crippen molar-refractivity contribution in [3.05, 3.63) is 39.6 Å². The lowest BCUT2D eigenvalue weighted by molar-refractivity contribution is -0.498. The monoisotopic (exact) mass is 262 g/mol. The molecule has 1 saturated heterocycles. The molecule has 5 nitrogen and oxygen atoms in total. The number of nitro groups is 1. The summed E-state index contributed by atoms with van der Waals surface area (Å²) in [6.45, 7) is 5.99. The van der Waals surface area contributed by atoms with E-state index in [4.69, 9.17) is 0 Å². The van der Waals surface area contributed by atoms with Crippen molar-refractivity contribution in [3.63, 3.8) is 0 Å². The summed E-state index contributed by atoms with van der Waals surface area (Å²) in [7, 11) is 0. The zero-order valence-electron chi connectivity index (χ0n) is 11.3. The van der Waals surface area contributed by atoms with Crippen LogP contribution in [0.5, 0.6) is 0 Å². The number of piperidine rings is 1. The second-order valence-corrected chi connectivity index (χ2v) is 5.87. The third-order valence-corrected chi connectivity index (χ3v) is 3.70. The summed E-state index contributed by atoms with van der Waals surface area (Å²) in [4.78, 5) is 23.7. The van der Waals surface area contributed by atoms with Crippen molar-refractivity contribution in [3.8, 4) is 0 Å². The molecule has 0 bridgehead atoms. The topological polar surface area (TPSA) is 63.4 Å². The lowest BCUT2D eigenvalue weighted by Gasteiger charge is -2.41. The predicted octanol–water partition coefficient (Wildman–Crippen LogP) is 1.97. The standard InChI is InChI=1S/C14H18N2O3/c1-14(2)7-4-8-15(10-14)12-5-3-6-13(16(18)19)11(12)9-17/h3,5-6,13H,4,7-8,10H2,1-2H3. The third kappa shape index (κ3) is 2.76. The number of nitrogens with zero attached hydrogens (tertiary/aromatic N) is 2. The van der Waals surface area contributed by atoms with Crippen LogP contribution in [0.4, 0.5) is 0 Å². The molecule has 1 aliphatic heterocycles. The van der Waals surface area contributed by atoms with Crippen LogP contribution in [0.25, 0.3) is 0 Å². The van der Waals surface area contributed by atoms with Crippen LogP contribution in [0.2, 0.25) is 0 Å². The average Bonchev–Trinajstić information content (AvgIpc) is 2.36. The van der Waals surface area contributed by atoms with Gasteiger partial charge in [0.25, 0.3) is 6.04 Å². The number of carbonyl (C=O) groups excluding carboxylic acids is 1. The number of rotatable bonds is 2. The van der Waals surface area contributed by atoms with E-state index in [0.29, 0.717) is 5.70 Å². The van der Waals surface area contributed by atoms with Crippen LogP contribution in [-0.2, 0) is 4.79 Å². The van der Waals surface area contributed by atoms with Crippen molar-refractivity contribution in [2.24, 2.45) is 5.41 Å². The van der Waals surface area contributed by atoms with E-state index in [2.05, 4.69) is 18.7 Å². The van der Waals surface area contributed by atoms with Gasteiger partial charge >= 0.3 is 0 Å². The van der Waals surface area contributed by atoms with Crippen LogP contribution in [0, 0.1) is 15.5 Å². The van der Waals surface area contributed by atoms with E-state index >= 15 is 0 Å². The number of likely N-dealkylation sites (tertiary alicyclic amines) is 1. The van der Waals surface area contributed by atoms with Gasteiger partial charge in [0.15, 0.2) is 0 Å². The summed E-state index contributed by atoms with van der Waals surface area (Å²) in [5.74, 6) is 1.77. The molecular formula is C14H18N2O3. The summed E-state index contributed by atoms with van der Waals surface area (Å²) in [6.07, 6.45) is 7.03. The molecule has 1 atom stereocenters. The Hall–Kier alpha value is -1.87. The van der Waals surface area contributed by atoms with E-state index < -0.39 is 11.0 Å². The first-order chi connectivity index (χ1) is 8.94. The zero-order chi connectivity index (χ0) is 14.0. The minimum absolute atomic E-state index is 0.144. The van der Waals surface area contributed by atoms with Crippen molar-refractivity contribution >= 4 is 5.94 Å². The van der Waals surface area contributed by atoms with Crippen molar-refractivity contribution < 1.29 is 9.72 Å². The Balaban J connectivity index is 2.28. The van der Waals surface area contributed by atoms with Crippen molar-refractivity contribution in [2.45, 2.75) is 32.7 Å². The van der Waals surface area contributed by atoms with E-state index in [0.717, 1.165) is 25.9 Å². The van der Waals surface area contributed by atoms with E-state index in [-0.39, 0.29) is 11.0 Å². The lowest BCUT2D eigenvalue weighted by Crippen LogP contribution is -2.41. The number of hydrogen-bond acceptors (Lipinski definition) is 4. The highest BCUT2D eigenvalue weighted by Crippen LogP contribution is 2.33. The molecule has 0 aromatic rings. The summed E-state index contributed by atoms with van der Waals surface area (Å²) < 4.78 is 0. The Morgan fingerprint density at radius 3 is 2.84 bits per heavy atom. The third-order valence-electron chi connectivity index (χ3n) is 3.70. The molecule has 0 radical (unpaired) electrons. The minimum Gasteiger partial charge on any atom is -0.370 e. The maximum absolute atomic E-state index is 11.1. The van der Waals surface area contributed by atoms with E-state index in [1.165, 1.54) is 6.08 Å². The fourth-order valence-electron chi connectivity index (χ4n) is 2.78. The molecule has 102 valence electrons. The van der Waals surface area contributed by atoms with Crippen LogP contribution < -0.4 is 0 Å². The minimum atomic E-state index is -1.07. The van der Waals surface area contributed by atoms with Crippen LogP contribution in [-0.4, -0.2) is 34.9 Å². The Morgan fingerprint density at radius 2 is 2.26 bits per heavy atom. The quantitative estimate of drug-likeness (QED) is 0.433. The van der Waals surface area contributed by atoms with Gasteiger partial charge in [-0.15, -0.1) is 0 Å². The number of hydrogen-bond donors (Lipinski definition) is 0. The molecule has 1 aliphatic carbocycles. The Labute approximate surface area is 112 Å². The molecule has 0 saturated carbocycles. The maximum Gasteiger partial charge on any atom is 0.268 e. The largest absolute Gasteiger partial charge is 0.370 e. The van der Waals surface area contributed by atoms with Crippen molar-refractivity contribution in [1.82, 2.24) is 4.90 Å². The van der Waals surface area contributed by atoms with Gasteiger partial charge in [-0.1, -0.05) is 19.9 Å². The Bertz CT molecular complexity index is 499. The van der Waals surface area contributed by atoms with Crippen molar-refractivity contribution in [2.75, 3.05) is 13.1 Å². The van der Waals surface area contributed by atoms with Gasteiger partial charge in [0.2, 0.25) is 0 Å². The maximum atomic E-state index is 11.1. The van der Waals surface area contributed by atoms with Crippen molar-refractivity contribution in [1.29, 1.82) is 0 Å². The first-order valence-electron chi connectivity index (χ1n) is 6.47. The van der Waals surface area contributed by atoms with Gasteiger partial charge in [0.05, 0.1) is 5.70 Å². The molecule has 1 heterocycles. The second kappa shape index (κ2) is 5.02. The highest BCUT2D eigenvalue weighted by Gasteiger charge is 2.35. The normalized spacial score (nSPS) is 25.8. The van der Waals surface area contributed by atoms with E-state index in [9.17, 15) is 14.9 Å². The van der Waals surface area contributed by atoms with Gasteiger partial charge in [-0.25, -0.2) is 4.79 Å². The van der Waals surface area contributed by atoms with Crippen LogP contribution in [0.1, 0.15) is 26.7 Å². The molecule has 5 heteroatoms. The molecule has 19 heavy (non-hydrogen) atoms. The molecule has 1 unspecified atom stereocenters. The fourth-order valence-corrected chi connectivity index (χ4v) is 2.78. The SMILES string of the molecule is CC1(C)CCCN(C2=CC=CC([N+](=O)[O-])C2=C=O)C1. The second-order valence-electron chi connectivity index (χ2n) is 5.87. The fraction of sp³-hybridized carbons (Fsp3) is 0.571. The van der Waals surface area contributed by atoms with Gasteiger partial charge in [-0.3, -0.25) is 10.1 Å². The van der Waals surface area contributed by atoms with Gasteiger partial charge in [-0.2, -0.15) is 0 Å². The molecule has 1 fully saturated rings. The van der Waals surface area contributed by atoms with Crippen LogP contribution in [0.3, 0.4) is 0 Å². The van der Waals surface area contributed by atoms with Gasteiger partial charge in [0, 0.05) is 18.0 Å². The van der Waals surface area contributed by atoms with Gasteiger partial charge < -0.3 is 4.90 Å². The van der Waals surface area contributed by atoms with Crippen LogP contribution in [0.15, 0.2) is 29.5 Å². The summed E-state index contributed by atoms with van der Waals surface area (Å²) in [5.41, 5.74) is 0.968. The average molecular weight is 262 g/mol. The first kappa shape index (κ1) is 13.6. The van der Waals surface area contributed by atoms with E-state index in [1.54, 1.807) is 18.1 Å². The van der Waals surface area contributed by atoms with Gasteiger partial charge in [-0.05, 0) is 30.4 Å². The molecular weight excluding hydrogens is 244 g/mol. The Kier molecular flexibility index (Phi) is 3.58.